The molecular formula is C16H21NO4. The summed E-state index contributed by atoms with van der Waals surface area (Å²) in [7, 11) is 0. The topological polar surface area (TPSA) is 66.8 Å². The van der Waals surface area contributed by atoms with E-state index in [9.17, 15) is 14.7 Å². The van der Waals surface area contributed by atoms with Crippen LogP contribution >= 0.6 is 0 Å². The Hall–Kier alpha value is -2.04. The summed E-state index contributed by atoms with van der Waals surface area (Å²) in [6.45, 7) is 5.41. The van der Waals surface area contributed by atoms with Gasteiger partial charge in [-0.05, 0) is 57.9 Å². The number of carbonyl (C=O) groups excluding carboxylic acids is 2. The van der Waals surface area contributed by atoms with E-state index in [1.54, 1.807) is 32.9 Å². The maximum atomic E-state index is 12.2. The molecule has 1 aliphatic carbocycles. The highest BCUT2D eigenvalue weighted by Crippen LogP contribution is 2.28. The molecule has 5 heteroatoms. The van der Waals surface area contributed by atoms with Crippen LogP contribution in [-0.4, -0.2) is 40.1 Å². The van der Waals surface area contributed by atoms with Gasteiger partial charge in [-0.1, -0.05) is 0 Å². The number of amides is 1. The molecule has 0 unspecified atom stereocenters. The van der Waals surface area contributed by atoms with E-state index in [0.29, 0.717) is 5.56 Å². The summed E-state index contributed by atoms with van der Waals surface area (Å²) < 4.78 is 5.35. The number of Topliss-reactive ketones (excluding diaryl/α,β-unsaturated/α-hetero) is 1. The quantitative estimate of drug-likeness (QED) is 0.866. The van der Waals surface area contributed by atoms with Crippen LogP contribution in [-0.2, 0) is 4.74 Å². The Labute approximate surface area is 124 Å². The number of hydrogen-bond donors (Lipinski definition) is 1. The minimum Gasteiger partial charge on any atom is -0.508 e. The molecule has 0 spiro atoms. The van der Waals surface area contributed by atoms with Crippen molar-refractivity contribution in [2.75, 3.05) is 6.54 Å². The molecule has 0 saturated heterocycles. The van der Waals surface area contributed by atoms with E-state index in [4.69, 9.17) is 4.74 Å². The lowest BCUT2D eigenvalue weighted by Crippen LogP contribution is -2.41. The van der Waals surface area contributed by atoms with Crippen molar-refractivity contribution in [3.63, 3.8) is 0 Å². The molecule has 114 valence electrons. The highest BCUT2D eigenvalue weighted by molar-refractivity contribution is 5.99. The summed E-state index contributed by atoms with van der Waals surface area (Å²) in [5, 5.41) is 9.24. The smallest absolute Gasteiger partial charge is 0.410 e. The maximum absolute atomic E-state index is 12.2. The van der Waals surface area contributed by atoms with Gasteiger partial charge in [0.2, 0.25) is 0 Å². The van der Waals surface area contributed by atoms with Crippen molar-refractivity contribution in [2.24, 2.45) is 0 Å². The lowest BCUT2D eigenvalue weighted by atomic mass is 10.1. The van der Waals surface area contributed by atoms with Crippen molar-refractivity contribution in [1.29, 1.82) is 0 Å². The fourth-order valence-corrected chi connectivity index (χ4v) is 1.94. The van der Waals surface area contributed by atoms with E-state index in [2.05, 4.69) is 0 Å². The molecule has 1 fully saturated rings. The van der Waals surface area contributed by atoms with Crippen molar-refractivity contribution in [1.82, 2.24) is 4.90 Å². The van der Waals surface area contributed by atoms with Gasteiger partial charge < -0.3 is 9.84 Å². The molecule has 1 aromatic carbocycles. The van der Waals surface area contributed by atoms with Gasteiger partial charge in [0.15, 0.2) is 5.78 Å². The van der Waals surface area contributed by atoms with Gasteiger partial charge in [-0.3, -0.25) is 9.69 Å². The third-order valence-electron chi connectivity index (χ3n) is 3.12. The molecular weight excluding hydrogens is 270 g/mol. The van der Waals surface area contributed by atoms with Gasteiger partial charge in [0.05, 0.1) is 6.54 Å². The van der Waals surface area contributed by atoms with Gasteiger partial charge in [-0.2, -0.15) is 0 Å². The van der Waals surface area contributed by atoms with Crippen molar-refractivity contribution in [3.05, 3.63) is 29.8 Å². The molecule has 0 aromatic heterocycles. The zero-order valence-corrected chi connectivity index (χ0v) is 12.6. The normalized spacial score (nSPS) is 14.6. The van der Waals surface area contributed by atoms with E-state index in [-0.39, 0.29) is 24.1 Å². The Kier molecular flexibility index (Phi) is 4.21. The Morgan fingerprint density at radius 3 is 2.29 bits per heavy atom. The van der Waals surface area contributed by atoms with E-state index in [0.717, 1.165) is 12.8 Å². The first kappa shape index (κ1) is 15.4. The van der Waals surface area contributed by atoms with Gasteiger partial charge in [0.1, 0.15) is 11.4 Å². The number of phenols is 1. The Morgan fingerprint density at radius 2 is 1.81 bits per heavy atom. The second kappa shape index (κ2) is 5.76. The highest BCUT2D eigenvalue weighted by atomic mass is 16.6. The molecule has 0 atom stereocenters. The van der Waals surface area contributed by atoms with Crippen LogP contribution in [0, 0.1) is 0 Å². The molecule has 1 aromatic rings. The van der Waals surface area contributed by atoms with Crippen LogP contribution in [0.15, 0.2) is 24.3 Å². The molecule has 0 aliphatic heterocycles. The average molecular weight is 291 g/mol. The molecule has 21 heavy (non-hydrogen) atoms. The lowest BCUT2D eigenvalue weighted by molar-refractivity contribution is 0.0232. The van der Waals surface area contributed by atoms with Crippen molar-refractivity contribution in [3.8, 4) is 5.75 Å². The number of hydrogen-bond acceptors (Lipinski definition) is 4. The second-order valence-electron chi connectivity index (χ2n) is 6.31. The second-order valence-corrected chi connectivity index (χ2v) is 6.31. The highest BCUT2D eigenvalue weighted by Gasteiger charge is 2.36. The molecule has 5 nitrogen and oxygen atoms in total. The first-order valence-corrected chi connectivity index (χ1v) is 7.08. The van der Waals surface area contributed by atoms with E-state index in [1.165, 1.54) is 17.0 Å². The van der Waals surface area contributed by atoms with Crippen molar-refractivity contribution < 1.29 is 19.4 Å². The summed E-state index contributed by atoms with van der Waals surface area (Å²) >= 11 is 0. The van der Waals surface area contributed by atoms with Crippen LogP contribution in [0.2, 0.25) is 0 Å². The van der Waals surface area contributed by atoms with Gasteiger partial charge >= 0.3 is 6.09 Å². The molecule has 1 aliphatic rings. The maximum Gasteiger partial charge on any atom is 0.410 e. The third kappa shape index (κ3) is 4.48. The number of carbonyl (C=O) groups is 2. The zero-order chi connectivity index (χ0) is 15.6. The van der Waals surface area contributed by atoms with Crippen LogP contribution in [0.3, 0.4) is 0 Å². The SMILES string of the molecule is CC(C)(C)OC(=O)N(CC(=O)c1ccc(O)cc1)C1CC1. The zero-order valence-electron chi connectivity index (χ0n) is 12.6. The number of ketones is 1. The largest absolute Gasteiger partial charge is 0.508 e. The molecule has 1 saturated carbocycles. The monoisotopic (exact) mass is 291 g/mol. The summed E-state index contributed by atoms with van der Waals surface area (Å²) in [6.07, 6.45) is 1.36. The van der Waals surface area contributed by atoms with Crippen LogP contribution in [0.1, 0.15) is 44.0 Å². The number of benzene rings is 1. The molecule has 0 bridgehead atoms. The fourth-order valence-electron chi connectivity index (χ4n) is 1.94. The first-order chi connectivity index (χ1) is 9.76. The molecule has 0 heterocycles. The van der Waals surface area contributed by atoms with E-state index >= 15 is 0 Å². The van der Waals surface area contributed by atoms with Crippen molar-refractivity contribution in [2.45, 2.75) is 45.3 Å². The average Bonchev–Trinajstić information content (AvgIpc) is 3.18. The number of ether oxygens (including phenoxy) is 1. The molecule has 0 radical (unpaired) electrons. The fraction of sp³-hybridized carbons (Fsp3) is 0.500. The Bertz CT molecular complexity index is 526. The van der Waals surface area contributed by atoms with Crippen LogP contribution in [0.25, 0.3) is 0 Å². The molecule has 1 N–H and O–H groups in total. The third-order valence-corrected chi connectivity index (χ3v) is 3.12. The van der Waals surface area contributed by atoms with Gasteiger partial charge in [-0.15, -0.1) is 0 Å². The van der Waals surface area contributed by atoms with Gasteiger partial charge in [0, 0.05) is 11.6 Å². The molecule has 1 amide bonds. The standard InChI is InChI=1S/C16H21NO4/c1-16(2,3)21-15(20)17(12-6-7-12)10-14(19)11-4-8-13(18)9-5-11/h4-5,8-9,12,18H,6-7,10H2,1-3H3. The predicted molar refractivity (Wildman–Crippen MR) is 78.4 cm³/mol. The van der Waals surface area contributed by atoms with Crippen LogP contribution in [0.5, 0.6) is 5.75 Å². The minimum absolute atomic E-state index is 0.00432. The minimum atomic E-state index is -0.578. The lowest BCUT2D eigenvalue weighted by Gasteiger charge is -2.27. The van der Waals surface area contributed by atoms with Crippen LogP contribution < -0.4 is 0 Å². The van der Waals surface area contributed by atoms with E-state index < -0.39 is 11.7 Å². The van der Waals surface area contributed by atoms with Gasteiger partial charge in [0.25, 0.3) is 0 Å². The summed E-state index contributed by atoms with van der Waals surface area (Å²) in [5.74, 6) is -0.0505. The number of aromatic hydroxyl groups is 1. The van der Waals surface area contributed by atoms with Crippen LogP contribution in [0.4, 0.5) is 4.79 Å². The summed E-state index contributed by atoms with van der Waals surface area (Å²) in [5.41, 5.74) is -0.103. The molecule has 2 rings (SSSR count). The number of rotatable bonds is 4. The number of nitrogens with zero attached hydrogens (tertiary/aromatic N) is 1. The predicted octanol–water partition coefficient (Wildman–Crippen LogP) is 2.97. The Morgan fingerprint density at radius 1 is 1.24 bits per heavy atom. The first-order valence-electron chi connectivity index (χ1n) is 7.08. The van der Waals surface area contributed by atoms with E-state index in [1.807, 2.05) is 0 Å². The summed E-state index contributed by atoms with van der Waals surface area (Å²) in [4.78, 5) is 25.9. The number of phenolic OH excluding ortho intramolecular Hbond substituents is 1. The Balaban J connectivity index is 2.04. The summed E-state index contributed by atoms with van der Waals surface area (Å²) in [6, 6.07) is 6.13. The van der Waals surface area contributed by atoms with Crippen molar-refractivity contribution >= 4 is 11.9 Å². The van der Waals surface area contributed by atoms with Gasteiger partial charge in [-0.25, -0.2) is 4.79 Å².